The van der Waals surface area contributed by atoms with Gasteiger partial charge in [0.1, 0.15) is 8.07 Å². The molecule has 362 valence electrons. The number of H-pyrrole nitrogens is 2. The topological polar surface area (TPSA) is 57.4 Å². The van der Waals surface area contributed by atoms with E-state index in [4.69, 9.17) is 9.97 Å². The molecule has 0 radical (unpaired) electrons. The lowest BCUT2D eigenvalue weighted by Crippen LogP contribution is -2.16. The van der Waals surface area contributed by atoms with Crippen LogP contribution in [-0.2, 0) is 21.7 Å². The van der Waals surface area contributed by atoms with Crippen molar-refractivity contribution < 1.29 is 0 Å². The number of nitrogens with zero attached hydrogens (tertiary/aromatic N) is 2. The Morgan fingerprint density at radius 2 is 0.736 bits per heavy atom. The summed E-state index contributed by atoms with van der Waals surface area (Å²) in [6, 6.07) is 41.9. The minimum Gasteiger partial charge on any atom is -0.354 e. The van der Waals surface area contributed by atoms with Crippen molar-refractivity contribution in [1.29, 1.82) is 0 Å². The number of aromatic amines is 2. The minimum absolute atomic E-state index is 0.0883. The summed E-state index contributed by atoms with van der Waals surface area (Å²) in [6.45, 7) is 34.3. The monoisotopic (exact) mass is 959 g/mol. The summed E-state index contributed by atoms with van der Waals surface area (Å²) in [6.07, 6.45) is 8.67. The second-order valence-corrected chi connectivity index (χ2v) is 29.5. The quantitative estimate of drug-likeness (QED) is 0.137. The summed E-state index contributed by atoms with van der Waals surface area (Å²) in [5.74, 6) is 10.6. The van der Waals surface area contributed by atoms with Crippen LogP contribution in [0.4, 0.5) is 0 Å². The number of nitrogens with one attached hydrogen (secondary N) is 2. The van der Waals surface area contributed by atoms with E-state index in [1.165, 1.54) is 22.3 Å². The first-order valence-corrected chi connectivity index (χ1v) is 29.0. The van der Waals surface area contributed by atoms with Crippen molar-refractivity contribution in [3.63, 3.8) is 0 Å². The van der Waals surface area contributed by atoms with Crippen molar-refractivity contribution in [2.24, 2.45) is 0 Å². The van der Waals surface area contributed by atoms with E-state index in [-0.39, 0.29) is 21.7 Å². The molecule has 0 spiro atoms. The van der Waals surface area contributed by atoms with E-state index in [0.29, 0.717) is 0 Å². The van der Waals surface area contributed by atoms with Crippen LogP contribution < -0.4 is 0 Å². The highest BCUT2D eigenvalue weighted by molar-refractivity contribution is 6.83. The van der Waals surface area contributed by atoms with Gasteiger partial charge in [0.05, 0.1) is 33.9 Å². The van der Waals surface area contributed by atoms with Crippen molar-refractivity contribution in [3.8, 4) is 56.7 Å². The largest absolute Gasteiger partial charge is 0.354 e. The van der Waals surface area contributed by atoms with E-state index in [2.05, 4.69) is 276 Å². The van der Waals surface area contributed by atoms with Crippen LogP contribution in [0.1, 0.15) is 145 Å². The fourth-order valence-corrected chi connectivity index (χ4v) is 9.68. The van der Waals surface area contributed by atoms with E-state index in [1.54, 1.807) is 0 Å². The van der Waals surface area contributed by atoms with Crippen molar-refractivity contribution >= 4 is 54.4 Å². The van der Waals surface area contributed by atoms with Crippen LogP contribution in [-0.4, -0.2) is 28.0 Å². The third-order valence-electron chi connectivity index (χ3n) is 13.5. The SMILES string of the molecule is CC(C)(C)c1cc(-c2c3nc(c(-c4ccccc4)c4ccc([nH]4)c(-c4cc(C(C)(C)C)cc(C(C)(C)C)c4)c4nc(c(C#Cc5ccc(C#C[Si](C)(C)C)cc5)c5ccc2[nH]5)C=C4)C=C3)cc(C(C)(C)C)c1. The van der Waals surface area contributed by atoms with Gasteiger partial charge in [-0.1, -0.05) is 187 Å². The molecule has 2 aliphatic heterocycles. The van der Waals surface area contributed by atoms with Crippen molar-refractivity contribution in [2.75, 3.05) is 0 Å². The summed E-state index contributed by atoms with van der Waals surface area (Å²) in [5, 5.41) is 0. The van der Waals surface area contributed by atoms with Gasteiger partial charge in [-0.2, -0.15) is 0 Å². The summed E-state index contributed by atoms with van der Waals surface area (Å²) in [7, 11) is -1.53. The molecule has 72 heavy (non-hydrogen) atoms. The smallest absolute Gasteiger partial charge is 0.129 e. The molecular weight excluding hydrogens is 889 g/mol. The lowest BCUT2D eigenvalue weighted by atomic mass is 9.78. The van der Waals surface area contributed by atoms with Gasteiger partial charge in [-0.05, 0) is 133 Å². The highest BCUT2D eigenvalue weighted by Crippen LogP contribution is 2.41. The third kappa shape index (κ3) is 10.7. The van der Waals surface area contributed by atoms with Crippen LogP contribution >= 0.6 is 0 Å². The van der Waals surface area contributed by atoms with Crippen LogP contribution in [0.3, 0.4) is 0 Å². The first-order valence-electron chi connectivity index (χ1n) is 25.5. The fraction of sp³-hybridized carbons (Fsp3) is 0.284. The van der Waals surface area contributed by atoms with E-state index < -0.39 is 8.07 Å². The Bertz CT molecular complexity index is 3490. The molecular formula is C67H70N4Si. The average Bonchev–Trinajstić information content (AvgIpc) is 4.16. The first-order chi connectivity index (χ1) is 33.8. The minimum atomic E-state index is -1.53. The molecule has 8 bridgehead atoms. The maximum atomic E-state index is 5.63. The van der Waals surface area contributed by atoms with E-state index in [1.807, 2.05) is 0 Å². The lowest BCUT2D eigenvalue weighted by molar-refractivity contribution is 0.568. The zero-order valence-electron chi connectivity index (χ0n) is 45.2. The van der Waals surface area contributed by atoms with Crippen molar-refractivity contribution in [1.82, 2.24) is 19.9 Å². The van der Waals surface area contributed by atoms with Crippen molar-refractivity contribution in [2.45, 2.75) is 124 Å². The number of fused-ring (bicyclic) bond motifs is 8. The zero-order valence-corrected chi connectivity index (χ0v) is 46.2. The maximum absolute atomic E-state index is 5.63. The Morgan fingerprint density at radius 1 is 0.375 bits per heavy atom. The maximum Gasteiger partial charge on any atom is 0.129 e. The van der Waals surface area contributed by atoms with E-state index in [0.717, 1.165) is 94.9 Å². The van der Waals surface area contributed by atoms with Crippen LogP contribution in [0.5, 0.6) is 0 Å². The highest BCUT2D eigenvalue weighted by atomic mass is 28.3. The number of benzene rings is 4. The third-order valence-corrected chi connectivity index (χ3v) is 14.4. The number of rotatable bonds is 3. The predicted molar refractivity (Wildman–Crippen MR) is 313 cm³/mol. The molecule has 3 aromatic heterocycles. The van der Waals surface area contributed by atoms with Crippen LogP contribution in [0.2, 0.25) is 19.6 Å². The average molecular weight is 959 g/mol. The summed E-state index contributed by atoms with van der Waals surface area (Å²) >= 11 is 0. The Labute approximate surface area is 430 Å². The van der Waals surface area contributed by atoms with Gasteiger partial charge in [-0.15, -0.1) is 5.54 Å². The second-order valence-electron chi connectivity index (χ2n) is 24.8. The van der Waals surface area contributed by atoms with Gasteiger partial charge in [-0.3, -0.25) is 0 Å². The molecule has 2 aliphatic rings. The number of aromatic nitrogens is 4. The summed E-state index contributed by atoms with van der Waals surface area (Å²) in [4.78, 5) is 19.1. The highest BCUT2D eigenvalue weighted by Gasteiger charge is 2.26. The predicted octanol–water partition coefficient (Wildman–Crippen LogP) is 17.5. The van der Waals surface area contributed by atoms with E-state index >= 15 is 0 Å². The van der Waals surface area contributed by atoms with Crippen LogP contribution in [0.15, 0.2) is 115 Å². The van der Waals surface area contributed by atoms with Gasteiger partial charge in [0.15, 0.2) is 0 Å². The first kappa shape index (κ1) is 49.8. The molecule has 0 unspecified atom stereocenters. The molecule has 0 saturated carbocycles. The molecule has 2 N–H and O–H groups in total. The molecule has 0 fully saturated rings. The zero-order chi connectivity index (χ0) is 51.5. The molecule has 5 heteroatoms. The Balaban J connectivity index is 1.43. The van der Waals surface area contributed by atoms with Crippen LogP contribution in [0, 0.1) is 23.3 Å². The van der Waals surface area contributed by atoms with Gasteiger partial charge in [-0.25, -0.2) is 9.97 Å². The van der Waals surface area contributed by atoms with Crippen molar-refractivity contribution in [3.05, 3.63) is 177 Å². The summed E-state index contributed by atoms with van der Waals surface area (Å²) in [5.41, 5.74) is 24.6. The molecule has 0 aliphatic carbocycles. The molecule has 0 atom stereocenters. The molecule has 9 rings (SSSR count). The molecule has 5 heterocycles. The Morgan fingerprint density at radius 3 is 1.15 bits per heavy atom. The second kappa shape index (κ2) is 18.5. The number of hydrogen-bond acceptors (Lipinski definition) is 2. The Kier molecular flexibility index (Phi) is 12.8. The van der Waals surface area contributed by atoms with Crippen LogP contribution in [0.25, 0.3) is 79.8 Å². The molecule has 4 nitrogen and oxygen atoms in total. The fourth-order valence-electron chi connectivity index (χ4n) is 9.16. The van der Waals surface area contributed by atoms with Gasteiger partial charge >= 0.3 is 0 Å². The molecule has 0 amide bonds. The van der Waals surface area contributed by atoms with E-state index in [9.17, 15) is 0 Å². The number of hydrogen-bond donors (Lipinski definition) is 2. The lowest BCUT2D eigenvalue weighted by Gasteiger charge is -2.26. The van der Waals surface area contributed by atoms with Gasteiger partial charge in [0, 0.05) is 44.4 Å². The van der Waals surface area contributed by atoms with Gasteiger partial charge in [0.25, 0.3) is 0 Å². The Hall–Kier alpha value is -7.18. The molecule has 7 aromatic rings. The van der Waals surface area contributed by atoms with Gasteiger partial charge in [0.2, 0.25) is 0 Å². The molecule has 4 aromatic carbocycles. The molecule has 0 saturated heterocycles. The van der Waals surface area contributed by atoms with Gasteiger partial charge < -0.3 is 9.97 Å². The standard InChI is InChI=1S/C67H70N4Si/c1-64(2,3)48-37-46(38-49(41-48)65(4,5)6)62-57-29-27-53(68-57)52(26-25-43-21-23-44(24-22-43)35-36-72(13,14)15)54-28-30-58(69-54)63(47-39-50(66(7,8)9)42-51(40-47)67(10,11)12)60-34-32-56(71-60)61(45-19-17-16-18-20-45)55-31-33-59(62)70-55/h16-24,27-34,37-42,68,71H,1-15H3. The normalized spacial score (nSPS) is 12.9. The summed E-state index contributed by atoms with van der Waals surface area (Å²) < 4.78 is 0.